The summed E-state index contributed by atoms with van der Waals surface area (Å²) in [5, 5.41) is 14.0. The summed E-state index contributed by atoms with van der Waals surface area (Å²) in [6.07, 6.45) is -0.956. The molecule has 0 radical (unpaired) electrons. The van der Waals surface area contributed by atoms with Crippen molar-refractivity contribution in [3.63, 3.8) is 0 Å². The van der Waals surface area contributed by atoms with Crippen LogP contribution < -0.4 is 20.5 Å². The molecule has 4 heterocycles. The molecule has 4 N–H and O–H groups in total. The Morgan fingerprint density at radius 2 is 1.79 bits per heavy atom. The van der Waals surface area contributed by atoms with Crippen LogP contribution >= 0.6 is 0 Å². The van der Waals surface area contributed by atoms with Crippen molar-refractivity contribution < 1.29 is 41.7 Å². The number of benzene rings is 2. The van der Waals surface area contributed by atoms with Gasteiger partial charge < -0.3 is 25.6 Å². The zero-order valence-electron chi connectivity index (χ0n) is 25.3. The van der Waals surface area contributed by atoms with E-state index in [1.54, 1.807) is 25.3 Å². The number of primary amides is 1. The molecule has 1 unspecified atom stereocenters. The van der Waals surface area contributed by atoms with E-state index in [1.165, 1.54) is 43.6 Å². The van der Waals surface area contributed by atoms with E-state index in [1.807, 2.05) is 0 Å². The number of nitrogens with zero attached hydrogens (tertiary/aromatic N) is 4. The number of pyridine rings is 2. The minimum absolute atomic E-state index is 0.0461. The molecule has 6 rings (SSSR count). The molecule has 2 atom stereocenters. The predicted octanol–water partition coefficient (Wildman–Crippen LogP) is 4.64. The number of ether oxygens (including phenoxy) is 2. The lowest BCUT2D eigenvalue weighted by atomic mass is 9.81. The minimum atomic E-state index is -5.40. The van der Waals surface area contributed by atoms with E-state index in [-0.39, 0.29) is 46.5 Å². The van der Waals surface area contributed by atoms with Gasteiger partial charge in [-0.1, -0.05) is 0 Å². The van der Waals surface area contributed by atoms with Crippen molar-refractivity contribution in [3.05, 3.63) is 101 Å². The summed E-state index contributed by atoms with van der Waals surface area (Å²) in [5.74, 6) is -2.49. The fourth-order valence-electron chi connectivity index (χ4n) is 5.22. The number of nitrogens with one attached hydrogen (secondary N) is 1. The number of hydrogen-bond acceptors (Lipinski definition) is 9. The van der Waals surface area contributed by atoms with Crippen LogP contribution in [0.3, 0.4) is 0 Å². The molecule has 0 bridgehead atoms. The number of fused-ring (bicyclic) bond motifs is 2. The highest BCUT2D eigenvalue weighted by molar-refractivity contribution is 6.00. The lowest BCUT2D eigenvalue weighted by molar-refractivity contribution is -0.265. The molecule has 1 aliphatic rings. The summed E-state index contributed by atoms with van der Waals surface area (Å²) >= 11 is 0. The van der Waals surface area contributed by atoms with E-state index in [4.69, 9.17) is 15.2 Å². The van der Waals surface area contributed by atoms with Crippen molar-refractivity contribution in [3.8, 4) is 28.8 Å². The van der Waals surface area contributed by atoms with Crippen molar-refractivity contribution in [1.82, 2.24) is 25.3 Å². The monoisotopic (exact) mass is 662 g/mol. The molecular weight excluding hydrogens is 636 g/mol. The summed E-state index contributed by atoms with van der Waals surface area (Å²) < 4.78 is 69.7. The van der Waals surface area contributed by atoms with Crippen LogP contribution in [-0.2, 0) is 15.8 Å². The molecule has 246 valence electrons. The van der Waals surface area contributed by atoms with E-state index in [0.717, 1.165) is 23.8 Å². The first kappa shape index (κ1) is 32.2. The van der Waals surface area contributed by atoms with Crippen LogP contribution in [0.25, 0.3) is 22.2 Å². The van der Waals surface area contributed by atoms with Crippen LogP contribution in [-0.4, -0.2) is 56.2 Å². The molecule has 2 amide bonds. The van der Waals surface area contributed by atoms with Gasteiger partial charge in [0.25, 0.3) is 5.91 Å². The quantitative estimate of drug-likeness (QED) is 0.201. The van der Waals surface area contributed by atoms with Gasteiger partial charge in [0.15, 0.2) is 5.75 Å². The molecule has 0 saturated heterocycles. The Bertz CT molecular complexity index is 2060. The minimum Gasteiger partial charge on any atom is -0.489 e. The molecule has 48 heavy (non-hydrogen) atoms. The Labute approximate surface area is 269 Å². The first-order valence-electron chi connectivity index (χ1n) is 14.4. The van der Waals surface area contributed by atoms with Gasteiger partial charge in [0.2, 0.25) is 11.5 Å². The molecule has 0 aliphatic carbocycles. The van der Waals surface area contributed by atoms with Crippen LogP contribution in [0.1, 0.15) is 34.1 Å². The number of nitrogens with two attached hydrogens (primary N) is 1. The van der Waals surface area contributed by atoms with Crippen molar-refractivity contribution >= 4 is 22.7 Å². The molecule has 5 aromatic rings. The highest BCUT2D eigenvalue weighted by Crippen LogP contribution is 2.47. The summed E-state index contributed by atoms with van der Waals surface area (Å²) in [7, 11) is 0. The Balaban J connectivity index is 1.41. The normalized spacial score (nSPS) is 16.9. The standard InChI is InChI=1S/C33H26F4N6O5/c1-17-10-19-11-20(12-23(25(19)41-14-17)48-30-39-8-3-9-40-30)28(44)42-15-32(46,33(35,36)37)24-13-22-27(47-16-31(22,2)29(38)45)26(43-24)18-4-6-21(34)7-5-18/h3-14,46H,15-16H2,1-2H3,(H2,38,45)(H,42,44)/t31-,32?/m0/s1. The first-order valence-corrected chi connectivity index (χ1v) is 14.4. The van der Waals surface area contributed by atoms with Crippen molar-refractivity contribution in [2.45, 2.75) is 31.0 Å². The van der Waals surface area contributed by atoms with Crippen LogP contribution in [0.5, 0.6) is 17.5 Å². The zero-order chi connectivity index (χ0) is 34.4. The third-order valence-electron chi connectivity index (χ3n) is 8.02. The first-order chi connectivity index (χ1) is 22.7. The van der Waals surface area contributed by atoms with E-state index in [9.17, 15) is 32.3 Å². The number of aromatic nitrogens is 4. The average Bonchev–Trinajstić information content (AvgIpc) is 3.40. The van der Waals surface area contributed by atoms with Gasteiger partial charge in [0, 0.05) is 40.7 Å². The summed E-state index contributed by atoms with van der Waals surface area (Å²) in [6, 6.07) is 11.4. The van der Waals surface area contributed by atoms with Crippen molar-refractivity contribution in [2.75, 3.05) is 13.2 Å². The topological polar surface area (TPSA) is 162 Å². The summed E-state index contributed by atoms with van der Waals surface area (Å²) in [5.41, 5.74) is 0.157. The van der Waals surface area contributed by atoms with Gasteiger partial charge in [-0.3, -0.25) is 14.6 Å². The van der Waals surface area contributed by atoms with Gasteiger partial charge in [-0.05, 0) is 74.0 Å². The number of halogens is 4. The van der Waals surface area contributed by atoms with Crippen LogP contribution in [0, 0.1) is 12.7 Å². The number of amides is 2. The van der Waals surface area contributed by atoms with Gasteiger partial charge in [-0.2, -0.15) is 13.2 Å². The van der Waals surface area contributed by atoms with Crippen molar-refractivity contribution in [2.24, 2.45) is 5.73 Å². The van der Waals surface area contributed by atoms with Crippen molar-refractivity contribution in [1.29, 1.82) is 0 Å². The molecule has 0 fully saturated rings. The maximum absolute atomic E-state index is 14.8. The maximum Gasteiger partial charge on any atom is 0.424 e. The number of carbonyl (C=O) groups is 2. The van der Waals surface area contributed by atoms with E-state index < -0.39 is 47.1 Å². The smallest absolute Gasteiger partial charge is 0.424 e. The maximum atomic E-state index is 14.8. The Kier molecular flexibility index (Phi) is 7.95. The number of aryl methyl sites for hydroxylation is 1. The fourth-order valence-corrected chi connectivity index (χ4v) is 5.22. The highest BCUT2D eigenvalue weighted by Gasteiger charge is 2.57. The third-order valence-corrected chi connectivity index (χ3v) is 8.02. The molecular formula is C33H26F4N6O5. The Morgan fingerprint density at radius 3 is 2.46 bits per heavy atom. The van der Waals surface area contributed by atoms with Crippen LogP contribution in [0.15, 0.2) is 73.2 Å². The Hall–Kier alpha value is -5.70. The molecule has 2 aromatic carbocycles. The predicted molar refractivity (Wildman–Crippen MR) is 163 cm³/mol. The lowest BCUT2D eigenvalue weighted by Gasteiger charge is -2.31. The second-order valence-corrected chi connectivity index (χ2v) is 11.5. The summed E-state index contributed by atoms with van der Waals surface area (Å²) in [4.78, 5) is 42.4. The average molecular weight is 663 g/mol. The molecule has 0 spiro atoms. The molecule has 11 nitrogen and oxygen atoms in total. The molecule has 3 aromatic heterocycles. The van der Waals surface area contributed by atoms with Crippen LogP contribution in [0.2, 0.25) is 0 Å². The third kappa shape index (κ3) is 5.72. The number of hydrogen-bond donors (Lipinski definition) is 3. The van der Waals surface area contributed by atoms with Gasteiger partial charge >= 0.3 is 12.2 Å². The van der Waals surface area contributed by atoms with Gasteiger partial charge in [-0.25, -0.2) is 19.3 Å². The van der Waals surface area contributed by atoms with Crippen LogP contribution in [0.4, 0.5) is 17.6 Å². The molecule has 0 saturated carbocycles. The number of aliphatic hydroxyl groups is 1. The lowest BCUT2D eigenvalue weighted by Crippen LogP contribution is -2.51. The van der Waals surface area contributed by atoms with E-state index in [2.05, 4.69) is 25.3 Å². The second-order valence-electron chi connectivity index (χ2n) is 11.5. The zero-order valence-corrected chi connectivity index (χ0v) is 25.3. The summed E-state index contributed by atoms with van der Waals surface area (Å²) in [6.45, 7) is 1.44. The number of alkyl halides is 3. The largest absolute Gasteiger partial charge is 0.489 e. The fraction of sp³-hybridized carbons (Fsp3) is 0.212. The molecule has 15 heteroatoms. The highest BCUT2D eigenvalue weighted by atomic mass is 19.4. The van der Waals surface area contributed by atoms with E-state index in [0.29, 0.717) is 10.9 Å². The van der Waals surface area contributed by atoms with Gasteiger partial charge in [-0.15, -0.1) is 0 Å². The number of carbonyl (C=O) groups excluding carboxylic acids is 2. The molecule has 1 aliphatic heterocycles. The SMILES string of the molecule is Cc1cnc2c(Oc3ncccn3)cc(C(=O)NCC(O)(c3cc4c(c(-c5ccc(F)cc5)n3)OC[C@]4(C)C(N)=O)C(F)(F)F)cc2c1. The van der Waals surface area contributed by atoms with Gasteiger partial charge in [0.05, 0.1) is 12.2 Å². The second kappa shape index (κ2) is 11.8. The number of rotatable bonds is 8. The van der Waals surface area contributed by atoms with Gasteiger partial charge in [0.1, 0.15) is 34.8 Å². The Morgan fingerprint density at radius 1 is 1.08 bits per heavy atom. The van der Waals surface area contributed by atoms with E-state index >= 15 is 0 Å².